The number of methoxy groups -OCH3 is 1. The first-order chi connectivity index (χ1) is 15.3. The van der Waals surface area contributed by atoms with Gasteiger partial charge in [-0.3, -0.25) is 14.9 Å². The molecule has 8 heteroatoms. The summed E-state index contributed by atoms with van der Waals surface area (Å²) in [5.41, 5.74) is 4.28. The zero-order chi connectivity index (χ0) is 23.3. The molecule has 3 aromatic rings. The Kier molecular flexibility index (Phi) is 7.81. The van der Waals surface area contributed by atoms with Gasteiger partial charge in [0.2, 0.25) is 0 Å². The predicted octanol–water partition coefficient (Wildman–Crippen LogP) is 5.30. The third-order valence-electron chi connectivity index (χ3n) is 4.83. The first-order valence-electron chi connectivity index (χ1n) is 9.72. The van der Waals surface area contributed by atoms with E-state index in [2.05, 4.69) is 38.5 Å². The molecule has 0 fully saturated rings. The van der Waals surface area contributed by atoms with Gasteiger partial charge in [0.05, 0.1) is 21.9 Å². The molecule has 0 aliphatic heterocycles. The van der Waals surface area contributed by atoms with Crippen molar-refractivity contribution < 1.29 is 14.3 Å². The topological polar surface area (TPSA) is 79.5 Å². The average Bonchev–Trinajstić information content (AvgIpc) is 2.76. The molecular weight excluding hydrogens is 537 g/mol. The second-order valence-electron chi connectivity index (χ2n) is 7.06. The predicted molar refractivity (Wildman–Crippen MR) is 140 cm³/mol. The largest absolute Gasteiger partial charge is 0.496 e. The minimum atomic E-state index is -0.361. The lowest BCUT2D eigenvalue weighted by atomic mass is 10.1. The number of hydrogen-bond acceptors (Lipinski definition) is 4. The van der Waals surface area contributed by atoms with Crippen LogP contribution in [-0.2, 0) is 0 Å². The Morgan fingerprint density at radius 2 is 1.66 bits per heavy atom. The highest BCUT2D eigenvalue weighted by Gasteiger charge is 2.15. The maximum Gasteiger partial charge on any atom is 0.257 e. The van der Waals surface area contributed by atoms with E-state index in [1.165, 1.54) is 0 Å². The second-order valence-corrected chi connectivity index (χ2v) is 8.63. The third kappa shape index (κ3) is 5.83. The summed E-state index contributed by atoms with van der Waals surface area (Å²) in [4.78, 5) is 25.4. The lowest BCUT2D eigenvalue weighted by Crippen LogP contribution is -2.34. The number of aryl methyl sites for hydroxylation is 2. The maximum absolute atomic E-state index is 12.9. The summed E-state index contributed by atoms with van der Waals surface area (Å²) in [5, 5.41) is 8.58. The number of para-hydroxylation sites is 1. The average molecular weight is 559 g/mol. The second kappa shape index (κ2) is 10.6. The molecule has 0 heterocycles. The highest BCUT2D eigenvalue weighted by Crippen LogP contribution is 2.22. The fraction of sp³-hybridized carbons (Fsp3) is 0.125. The highest BCUT2D eigenvalue weighted by molar-refractivity contribution is 14.1. The molecule has 0 atom stereocenters. The van der Waals surface area contributed by atoms with Crippen LogP contribution in [0.5, 0.6) is 5.75 Å². The van der Waals surface area contributed by atoms with Crippen molar-refractivity contribution in [3.63, 3.8) is 0 Å². The maximum atomic E-state index is 12.9. The van der Waals surface area contributed by atoms with Crippen molar-refractivity contribution in [3.05, 3.63) is 86.5 Å². The summed E-state index contributed by atoms with van der Waals surface area (Å²) in [6.45, 7) is 4.01. The first-order valence-corrected chi connectivity index (χ1v) is 11.2. The van der Waals surface area contributed by atoms with Crippen molar-refractivity contribution in [1.29, 1.82) is 0 Å². The number of benzene rings is 3. The van der Waals surface area contributed by atoms with Crippen LogP contribution >= 0.6 is 34.8 Å². The number of ether oxygens (including phenoxy) is 1. The van der Waals surface area contributed by atoms with Gasteiger partial charge in [-0.15, -0.1) is 0 Å². The molecule has 0 saturated heterocycles. The zero-order valence-corrected chi connectivity index (χ0v) is 20.8. The Balaban J connectivity index is 1.70. The highest BCUT2D eigenvalue weighted by atomic mass is 127. The van der Waals surface area contributed by atoms with Gasteiger partial charge in [-0.2, -0.15) is 0 Å². The molecule has 3 rings (SSSR count). The van der Waals surface area contributed by atoms with E-state index in [9.17, 15) is 9.59 Å². The fourth-order valence-electron chi connectivity index (χ4n) is 2.94. The quantitative estimate of drug-likeness (QED) is 0.292. The number of rotatable bonds is 5. The van der Waals surface area contributed by atoms with Crippen LogP contribution in [0.25, 0.3) is 0 Å². The monoisotopic (exact) mass is 559 g/mol. The number of thiocarbonyl (C=S) groups is 1. The van der Waals surface area contributed by atoms with Crippen LogP contribution < -0.4 is 20.7 Å². The van der Waals surface area contributed by atoms with Gasteiger partial charge in [-0.1, -0.05) is 18.2 Å². The van der Waals surface area contributed by atoms with Crippen molar-refractivity contribution >= 4 is 63.1 Å². The smallest absolute Gasteiger partial charge is 0.257 e. The van der Waals surface area contributed by atoms with Gasteiger partial charge in [0.25, 0.3) is 11.8 Å². The van der Waals surface area contributed by atoms with Crippen molar-refractivity contribution in [2.75, 3.05) is 17.7 Å². The van der Waals surface area contributed by atoms with Crippen molar-refractivity contribution in [1.82, 2.24) is 5.32 Å². The first kappa shape index (κ1) is 23.7. The van der Waals surface area contributed by atoms with Crippen LogP contribution in [0.15, 0.2) is 60.7 Å². The van der Waals surface area contributed by atoms with Crippen LogP contribution in [0, 0.1) is 17.4 Å². The summed E-state index contributed by atoms with van der Waals surface area (Å²) in [7, 11) is 1.57. The molecular formula is C24H22IN3O3S. The minimum absolute atomic E-state index is 0.0901. The number of carbonyl (C=O) groups is 2. The lowest BCUT2D eigenvalue weighted by Gasteiger charge is -2.14. The summed E-state index contributed by atoms with van der Waals surface area (Å²) in [6.07, 6.45) is 0. The summed E-state index contributed by atoms with van der Waals surface area (Å²) in [5.74, 6) is 0.0434. The Hall–Kier alpha value is -2.98. The summed E-state index contributed by atoms with van der Waals surface area (Å²) >= 11 is 7.40. The van der Waals surface area contributed by atoms with E-state index in [0.717, 1.165) is 14.7 Å². The fourth-order valence-corrected chi connectivity index (χ4v) is 3.88. The van der Waals surface area contributed by atoms with Crippen LogP contribution in [0.1, 0.15) is 31.8 Å². The molecule has 0 radical (unpaired) electrons. The zero-order valence-electron chi connectivity index (χ0n) is 17.8. The molecule has 0 spiro atoms. The number of carbonyl (C=O) groups excluding carboxylic acids is 2. The Morgan fingerprint density at radius 1 is 0.906 bits per heavy atom. The number of anilines is 2. The van der Waals surface area contributed by atoms with Crippen molar-refractivity contribution in [2.45, 2.75) is 13.8 Å². The molecule has 3 aromatic carbocycles. The van der Waals surface area contributed by atoms with Crippen molar-refractivity contribution in [2.24, 2.45) is 0 Å². The van der Waals surface area contributed by atoms with Crippen LogP contribution in [0.3, 0.4) is 0 Å². The number of hydrogen-bond donors (Lipinski definition) is 3. The van der Waals surface area contributed by atoms with Crippen LogP contribution in [0.2, 0.25) is 0 Å². The molecule has 0 aromatic heterocycles. The molecule has 0 aliphatic rings. The van der Waals surface area contributed by atoms with E-state index in [0.29, 0.717) is 28.3 Å². The normalized spacial score (nSPS) is 10.2. The Labute approximate surface area is 205 Å². The SMILES string of the molecule is COc1ccc(C(=O)NC(=S)Nc2ccccc2C(=O)Nc2ccc(C)c(C)c2)cc1I. The Bertz CT molecular complexity index is 1200. The summed E-state index contributed by atoms with van der Waals surface area (Å²) < 4.78 is 6.03. The van der Waals surface area contributed by atoms with E-state index in [1.54, 1.807) is 49.6 Å². The van der Waals surface area contributed by atoms with Gasteiger partial charge < -0.3 is 15.4 Å². The molecule has 2 amide bonds. The third-order valence-corrected chi connectivity index (χ3v) is 5.87. The number of nitrogens with one attached hydrogen (secondary N) is 3. The van der Waals surface area contributed by atoms with Gasteiger partial charge in [0.15, 0.2) is 5.11 Å². The van der Waals surface area contributed by atoms with E-state index in [-0.39, 0.29) is 16.9 Å². The molecule has 164 valence electrons. The van der Waals surface area contributed by atoms with Gasteiger partial charge in [0.1, 0.15) is 5.75 Å². The molecule has 0 bridgehead atoms. The van der Waals surface area contributed by atoms with Crippen LogP contribution in [-0.4, -0.2) is 24.0 Å². The van der Waals surface area contributed by atoms with E-state index < -0.39 is 0 Å². The van der Waals surface area contributed by atoms with Crippen LogP contribution in [0.4, 0.5) is 11.4 Å². The molecule has 6 nitrogen and oxygen atoms in total. The van der Waals surface area contributed by atoms with E-state index in [1.807, 2.05) is 32.0 Å². The van der Waals surface area contributed by atoms with E-state index in [4.69, 9.17) is 17.0 Å². The molecule has 0 saturated carbocycles. The van der Waals surface area contributed by atoms with Gasteiger partial charge in [-0.25, -0.2) is 0 Å². The molecule has 0 unspecified atom stereocenters. The minimum Gasteiger partial charge on any atom is -0.496 e. The standard InChI is InChI=1S/C24H22IN3O3S/c1-14-8-10-17(12-15(14)2)26-23(30)18-6-4-5-7-20(18)27-24(32)28-22(29)16-9-11-21(31-3)19(25)13-16/h4-13H,1-3H3,(H,26,30)(H2,27,28,29,32). The number of amides is 2. The van der Waals surface area contributed by atoms with Gasteiger partial charge in [-0.05, 0) is 102 Å². The molecule has 0 aliphatic carbocycles. The molecule has 32 heavy (non-hydrogen) atoms. The van der Waals surface area contributed by atoms with Crippen molar-refractivity contribution in [3.8, 4) is 5.75 Å². The lowest BCUT2D eigenvalue weighted by molar-refractivity contribution is 0.0976. The van der Waals surface area contributed by atoms with E-state index >= 15 is 0 Å². The number of halogens is 1. The van der Waals surface area contributed by atoms with Gasteiger partial charge in [0, 0.05) is 11.3 Å². The summed E-state index contributed by atoms with van der Waals surface area (Å²) in [6, 6.07) is 17.8. The Morgan fingerprint density at radius 3 is 2.34 bits per heavy atom. The molecule has 3 N–H and O–H groups in total. The van der Waals surface area contributed by atoms with Gasteiger partial charge >= 0.3 is 0 Å².